The van der Waals surface area contributed by atoms with Crippen molar-refractivity contribution in [2.45, 2.75) is 45.6 Å². The first kappa shape index (κ1) is 15.2. The Kier molecular flexibility index (Phi) is 3.61. The quantitative estimate of drug-likeness (QED) is 0.671. The lowest BCUT2D eigenvalue weighted by molar-refractivity contribution is -0.148. The highest BCUT2D eigenvalue weighted by Crippen LogP contribution is 2.36. The van der Waals surface area contributed by atoms with Crippen LogP contribution >= 0.6 is 0 Å². The van der Waals surface area contributed by atoms with Crippen molar-refractivity contribution in [3.05, 3.63) is 29.5 Å². The number of hydrogen-bond acceptors (Lipinski definition) is 4. The van der Waals surface area contributed by atoms with Crippen molar-refractivity contribution in [3.8, 4) is 0 Å². The van der Waals surface area contributed by atoms with Gasteiger partial charge in [0.25, 0.3) is 0 Å². The molecule has 0 bridgehead atoms. The summed E-state index contributed by atoms with van der Waals surface area (Å²) in [5, 5.41) is 2.75. The Morgan fingerprint density at radius 1 is 1.38 bits per heavy atom. The van der Waals surface area contributed by atoms with Gasteiger partial charge in [-0.3, -0.25) is 4.79 Å². The van der Waals surface area contributed by atoms with E-state index in [0.29, 0.717) is 5.82 Å². The van der Waals surface area contributed by atoms with Crippen LogP contribution in [0, 0.1) is 0 Å². The van der Waals surface area contributed by atoms with Gasteiger partial charge in [-0.05, 0) is 52.3 Å². The van der Waals surface area contributed by atoms with Crippen molar-refractivity contribution in [3.63, 3.8) is 0 Å². The Labute approximate surface area is 124 Å². The molecule has 0 saturated heterocycles. The number of carbonyl (C=O) groups is 2. The van der Waals surface area contributed by atoms with Crippen LogP contribution in [0.1, 0.15) is 45.7 Å². The number of anilines is 1. The predicted octanol–water partition coefficient (Wildman–Crippen LogP) is 2.67. The minimum Gasteiger partial charge on any atom is -0.457 e. The van der Waals surface area contributed by atoms with Crippen LogP contribution in [0.3, 0.4) is 0 Å². The summed E-state index contributed by atoms with van der Waals surface area (Å²) in [6.45, 7) is 9.13. The number of pyridine rings is 1. The number of amides is 1. The van der Waals surface area contributed by atoms with E-state index in [4.69, 9.17) is 4.74 Å². The van der Waals surface area contributed by atoms with E-state index in [0.717, 1.165) is 11.1 Å². The summed E-state index contributed by atoms with van der Waals surface area (Å²) < 4.78 is 5.20. The normalized spacial score (nSPS) is 16.7. The second-order valence-corrected chi connectivity index (χ2v) is 6.61. The van der Waals surface area contributed by atoms with Gasteiger partial charge in [0.05, 0.1) is 5.41 Å². The number of esters is 1. The molecule has 21 heavy (non-hydrogen) atoms. The maximum Gasteiger partial charge on any atom is 0.331 e. The molecule has 5 heteroatoms. The van der Waals surface area contributed by atoms with Gasteiger partial charge >= 0.3 is 5.97 Å². The van der Waals surface area contributed by atoms with Gasteiger partial charge in [0.2, 0.25) is 5.91 Å². The first-order valence-electron chi connectivity index (χ1n) is 6.83. The maximum atomic E-state index is 11.8. The number of carbonyl (C=O) groups excluding carboxylic acids is 2. The molecule has 0 saturated carbocycles. The summed E-state index contributed by atoms with van der Waals surface area (Å²) >= 11 is 0. The lowest BCUT2D eigenvalue weighted by Gasteiger charge is -2.18. The molecular formula is C16H20N2O3. The molecule has 0 fully saturated rings. The van der Waals surface area contributed by atoms with Crippen molar-refractivity contribution in [2.24, 2.45) is 0 Å². The zero-order valence-corrected chi connectivity index (χ0v) is 13.0. The van der Waals surface area contributed by atoms with Gasteiger partial charge in [-0.25, -0.2) is 9.78 Å². The minimum atomic E-state index is -0.613. The molecule has 1 amide bonds. The summed E-state index contributed by atoms with van der Waals surface area (Å²) in [5.74, 6) is 0.106. The molecule has 1 aliphatic rings. The highest BCUT2D eigenvalue weighted by molar-refractivity contribution is 6.04. The summed E-state index contributed by atoms with van der Waals surface area (Å²) in [6, 6.07) is 1.86. The van der Waals surface area contributed by atoms with Crippen molar-refractivity contribution >= 4 is 23.8 Å². The van der Waals surface area contributed by atoms with Gasteiger partial charge < -0.3 is 10.1 Å². The number of ether oxygens (including phenoxy) is 1. The smallest absolute Gasteiger partial charge is 0.331 e. The largest absolute Gasteiger partial charge is 0.457 e. The van der Waals surface area contributed by atoms with E-state index < -0.39 is 17.0 Å². The minimum absolute atomic E-state index is 0.0710. The molecule has 2 heterocycles. The van der Waals surface area contributed by atoms with E-state index in [1.807, 2.05) is 40.7 Å². The maximum absolute atomic E-state index is 11.8. The van der Waals surface area contributed by atoms with Gasteiger partial charge in [0, 0.05) is 17.8 Å². The topological polar surface area (TPSA) is 68.3 Å². The van der Waals surface area contributed by atoms with Gasteiger partial charge in [-0.15, -0.1) is 0 Å². The van der Waals surface area contributed by atoms with Crippen LogP contribution in [-0.4, -0.2) is 22.5 Å². The summed E-state index contributed by atoms with van der Waals surface area (Å²) in [4.78, 5) is 27.7. The Morgan fingerprint density at radius 3 is 2.67 bits per heavy atom. The molecular weight excluding hydrogens is 268 g/mol. The Balaban J connectivity index is 2.19. The predicted molar refractivity (Wildman–Crippen MR) is 80.8 cm³/mol. The fraction of sp³-hybridized carbons (Fsp3) is 0.438. The van der Waals surface area contributed by atoms with Gasteiger partial charge in [-0.1, -0.05) is 0 Å². The molecule has 1 aromatic rings. The average molecular weight is 288 g/mol. The molecule has 0 unspecified atom stereocenters. The molecule has 0 spiro atoms. The number of hydrogen-bond donors (Lipinski definition) is 1. The first-order chi connectivity index (χ1) is 9.59. The molecule has 0 atom stereocenters. The van der Waals surface area contributed by atoms with Crippen LogP contribution in [0.25, 0.3) is 6.08 Å². The summed E-state index contributed by atoms with van der Waals surface area (Å²) in [6.07, 6.45) is 4.62. The third-order valence-corrected chi connectivity index (χ3v) is 3.20. The molecule has 0 aromatic carbocycles. The van der Waals surface area contributed by atoms with Crippen LogP contribution in [-0.2, 0) is 19.7 Å². The van der Waals surface area contributed by atoms with E-state index >= 15 is 0 Å². The number of rotatable bonds is 2. The van der Waals surface area contributed by atoms with Crippen LogP contribution in [0.4, 0.5) is 5.82 Å². The fourth-order valence-corrected chi connectivity index (χ4v) is 2.03. The number of nitrogens with one attached hydrogen (secondary N) is 1. The van der Waals surface area contributed by atoms with E-state index in [-0.39, 0.29) is 5.91 Å². The van der Waals surface area contributed by atoms with E-state index in [1.54, 1.807) is 12.3 Å². The molecule has 0 aliphatic carbocycles. The first-order valence-corrected chi connectivity index (χ1v) is 6.83. The van der Waals surface area contributed by atoms with Crippen molar-refractivity contribution in [1.82, 2.24) is 4.98 Å². The summed E-state index contributed by atoms with van der Waals surface area (Å²) in [7, 11) is 0. The van der Waals surface area contributed by atoms with Crippen LogP contribution < -0.4 is 5.32 Å². The molecule has 112 valence electrons. The monoisotopic (exact) mass is 288 g/mol. The Hall–Kier alpha value is -2.17. The van der Waals surface area contributed by atoms with Gasteiger partial charge in [0.1, 0.15) is 11.4 Å². The van der Waals surface area contributed by atoms with Crippen molar-refractivity contribution < 1.29 is 14.3 Å². The molecule has 1 aromatic heterocycles. The lowest BCUT2D eigenvalue weighted by Crippen LogP contribution is -2.26. The van der Waals surface area contributed by atoms with Gasteiger partial charge in [0.15, 0.2) is 0 Å². The third-order valence-electron chi connectivity index (χ3n) is 3.20. The van der Waals surface area contributed by atoms with Crippen molar-refractivity contribution in [1.29, 1.82) is 0 Å². The Morgan fingerprint density at radius 2 is 2.05 bits per heavy atom. The number of nitrogens with zero attached hydrogens (tertiary/aromatic N) is 1. The highest BCUT2D eigenvalue weighted by Gasteiger charge is 2.39. The molecule has 5 nitrogen and oxygen atoms in total. The van der Waals surface area contributed by atoms with E-state index in [9.17, 15) is 9.59 Å². The standard InChI is InChI=1S/C16H20N2O3/c1-15(2,3)21-12(19)7-6-10-8-11-13(17-9-10)18-14(20)16(11,4)5/h6-9H,1-5H3,(H,17,18,20)/b7-6+. The Bertz CT molecular complexity index is 625. The van der Waals surface area contributed by atoms with Gasteiger partial charge in [-0.2, -0.15) is 0 Å². The van der Waals surface area contributed by atoms with Crippen LogP contribution in [0.5, 0.6) is 0 Å². The third kappa shape index (κ3) is 3.29. The van der Waals surface area contributed by atoms with E-state index in [1.165, 1.54) is 6.08 Å². The average Bonchev–Trinajstić information content (AvgIpc) is 2.56. The second-order valence-electron chi connectivity index (χ2n) is 6.61. The SMILES string of the molecule is CC(C)(C)OC(=O)/C=C/c1cnc2c(c1)C(C)(C)C(=O)N2. The molecule has 2 rings (SSSR count). The number of aromatic nitrogens is 1. The zero-order chi connectivity index (χ0) is 15.8. The summed E-state index contributed by atoms with van der Waals surface area (Å²) in [5.41, 5.74) is 0.455. The molecule has 1 aliphatic heterocycles. The van der Waals surface area contributed by atoms with Crippen LogP contribution in [0.2, 0.25) is 0 Å². The number of fused-ring (bicyclic) bond motifs is 1. The highest BCUT2D eigenvalue weighted by atomic mass is 16.6. The van der Waals surface area contributed by atoms with Crippen LogP contribution in [0.15, 0.2) is 18.3 Å². The second kappa shape index (κ2) is 4.98. The van der Waals surface area contributed by atoms with E-state index in [2.05, 4.69) is 10.3 Å². The molecule has 1 N–H and O–H groups in total. The lowest BCUT2D eigenvalue weighted by atomic mass is 9.86. The molecule has 0 radical (unpaired) electrons. The zero-order valence-electron chi connectivity index (χ0n) is 13.0. The van der Waals surface area contributed by atoms with Crippen molar-refractivity contribution in [2.75, 3.05) is 5.32 Å². The fourth-order valence-electron chi connectivity index (χ4n) is 2.03.